The molecule has 2 aliphatic carbocycles. The van der Waals surface area contributed by atoms with Gasteiger partial charge in [-0.2, -0.15) is 0 Å². The predicted molar refractivity (Wildman–Crippen MR) is 85.6 cm³/mol. The summed E-state index contributed by atoms with van der Waals surface area (Å²) in [5, 5.41) is 5.96. The van der Waals surface area contributed by atoms with Gasteiger partial charge in [-0.25, -0.2) is 0 Å². The molecule has 1 aromatic rings. The molecule has 23 heavy (non-hydrogen) atoms. The lowest BCUT2D eigenvalue weighted by Crippen LogP contribution is -2.56. The van der Waals surface area contributed by atoms with Crippen LogP contribution in [0.2, 0.25) is 0 Å². The van der Waals surface area contributed by atoms with Crippen LogP contribution in [0.5, 0.6) is 0 Å². The number of hydrogen-bond acceptors (Lipinski definition) is 4. The van der Waals surface area contributed by atoms with Crippen molar-refractivity contribution >= 4 is 11.8 Å². The minimum absolute atomic E-state index is 0.0439. The van der Waals surface area contributed by atoms with E-state index >= 15 is 0 Å². The van der Waals surface area contributed by atoms with Crippen molar-refractivity contribution in [3.8, 4) is 0 Å². The zero-order valence-corrected chi connectivity index (χ0v) is 13.8. The third-order valence-corrected chi connectivity index (χ3v) is 4.94. The summed E-state index contributed by atoms with van der Waals surface area (Å²) in [5.41, 5.74) is -0.859. The van der Waals surface area contributed by atoms with Crippen LogP contribution in [-0.2, 0) is 9.59 Å². The van der Waals surface area contributed by atoms with Gasteiger partial charge in [-0.05, 0) is 51.9 Å². The molecular formula is C17H25N3O3. The zero-order chi connectivity index (χ0) is 16.4. The average molecular weight is 319 g/mol. The Labute approximate surface area is 136 Å². The number of furan rings is 1. The summed E-state index contributed by atoms with van der Waals surface area (Å²) in [5.74, 6) is 0.559. The molecule has 0 saturated heterocycles. The van der Waals surface area contributed by atoms with Crippen molar-refractivity contribution in [2.75, 3.05) is 20.6 Å². The Morgan fingerprint density at radius 1 is 1.35 bits per heavy atom. The minimum atomic E-state index is -0.859. The average Bonchev–Trinajstić information content (AvgIpc) is 3.09. The van der Waals surface area contributed by atoms with Gasteiger partial charge in [0.15, 0.2) is 0 Å². The monoisotopic (exact) mass is 319 g/mol. The van der Waals surface area contributed by atoms with Crippen LogP contribution < -0.4 is 10.6 Å². The van der Waals surface area contributed by atoms with Gasteiger partial charge < -0.3 is 15.1 Å². The van der Waals surface area contributed by atoms with Gasteiger partial charge in [-0.3, -0.25) is 14.5 Å². The lowest BCUT2D eigenvalue weighted by molar-refractivity contribution is -0.149. The molecule has 0 aromatic carbocycles. The van der Waals surface area contributed by atoms with Crippen LogP contribution in [0.3, 0.4) is 0 Å². The summed E-state index contributed by atoms with van der Waals surface area (Å²) in [6.45, 7) is 0.428. The van der Waals surface area contributed by atoms with Crippen LogP contribution in [0, 0.1) is 5.41 Å². The molecule has 2 N–H and O–H groups in total. The molecule has 0 radical (unpaired) electrons. The van der Waals surface area contributed by atoms with Crippen molar-refractivity contribution in [2.45, 2.75) is 44.2 Å². The number of amides is 2. The van der Waals surface area contributed by atoms with Gasteiger partial charge in [0.1, 0.15) is 11.2 Å². The van der Waals surface area contributed by atoms with Crippen molar-refractivity contribution in [3.63, 3.8) is 0 Å². The number of rotatable bonds is 7. The molecule has 0 spiro atoms. The normalized spacial score (nSPS) is 20.7. The predicted octanol–water partition coefficient (Wildman–Crippen LogP) is 1.45. The smallest absolute Gasteiger partial charge is 0.235 e. The Bertz CT molecular complexity index is 560. The van der Waals surface area contributed by atoms with E-state index in [9.17, 15) is 9.59 Å². The van der Waals surface area contributed by atoms with Gasteiger partial charge in [-0.15, -0.1) is 0 Å². The number of carbonyl (C=O) groups excluding carboxylic acids is 2. The maximum Gasteiger partial charge on any atom is 0.235 e. The second kappa shape index (κ2) is 6.35. The first-order valence-electron chi connectivity index (χ1n) is 8.32. The van der Waals surface area contributed by atoms with E-state index in [2.05, 4.69) is 10.6 Å². The van der Waals surface area contributed by atoms with E-state index in [-0.39, 0.29) is 23.9 Å². The molecule has 3 rings (SSSR count). The summed E-state index contributed by atoms with van der Waals surface area (Å²) < 4.78 is 5.45. The second-order valence-corrected chi connectivity index (χ2v) is 6.89. The van der Waals surface area contributed by atoms with Crippen molar-refractivity contribution < 1.29 is 14.0 Å². The second-order valence-electron chi connectivity index (χ2n) is 6.89. The number of likely N-dealkylation sites (N-methyl/N-ethyl adjacent to an activating group) is 1. The van der Waals surface area contributed by atoms with Gasteiger partial charge >= 0.3 is 0 Å². The van der Waals surface area contributed by atoms with Crippen LogP contribution in [0.1, 0.15) is 43.9 Å². The molecular weight excluding hydrogens is 294 g/mol. The lowest BCUT2D eigenvalue weighted by Gasteiger charge is -2.39. The quantitative estimate of drug-likeness (QED) is 0.746. The van der Waals surface area contributed by atoms with Gasteiger partial charge in [-0.1, -0.05) is 6.42 Å². The molecule has 0 aliphatic heterocycles. The maximum absolute atomic E-state index is 12.7. The molecule has 1 unspecified atom stereocenters. The largest absolute Gasteiger partial charge is 0.468 e. The van der Waals surface area contributed by atoms with Crippen molar-refractivity contribution in [2.24, 2.45) is 5.41 Å². The lowest BCUT2D eigenvalue weighted by atomic mass is 9.67. The number of nitrogens with zero attached hydrogens (tertiary/aromatic N) is 1. The van der Waals surface area contributed by atoms with Gasteiger partial charge in [0.2, 0.25) is 11.8 Å². The number of hydrogen-bond donors (Lipinski definition) is 2. The van der Waals surface area contributed by atoms with E-state index in [1.54, 1.807) is 6.26 Å². The van der Waals surface area contributed by atoms with Gasteiger partial charge in [0.25, 0.3) is 0 Å². The SMILES string of the molecule is CN(C)C(CNC(=O)C1(C(=O)NC2CC2)CCC1)c1ccco1. The first-order valence-corrected chi connectivity index (χ1v) is 8.32. The van der Waals surface area contributed by atoms with Gasteiger partial charge in [0.05, 0.1) is 12.3 Å². The van der Waals surface area contributed by atoms with Gasteiger partial charge in [0, 0.05) is 12.6 Å². The van der Waals surface area contributed by atoms with E-state index < -0.39 is 5.41 Å². The molecule has 2 amide bonds. The Balaban J connectivity index is 1.61. The molecule has 1 heterocycles. The molecule has 126 valence electrons. The molecule has 6 nitrogen and oxygen atoms in total. The minimum Gasteiger partial charge on any atom is -0.468 e. The summed E-state index contributed by atoms with van der Waals surface area (Å²) in [7, 11) is 3.89. The summed E-state index contributed by atoms with van der Waals surface area (Å²) in [6, 6.07) is 3.97. The molecule has 2 aliphatic rings. The van der Waals surface area contributed by atoms with Crippen molar-refractivity contribution in [1.29, 1.82) is 0 Å². The van der Waals surface area contributed by atoms with Crippen LogP contribution in [0.4, 0.5) is 0 Å². The highest BCUT2D eigenvalue weighted by Gasteiger charge is 2.51. The Hall–Kier alpha value is -1.82. The van der Waals surface area contributed by atoms with Crippen molar-refractivity contribution in [1.82, 2.24) is 15.5 Å². The van der Waals surface area contributed by atoms with Crippen LogP contribution in [0.25, 0.3) is 0 Å². The Morgan fingerprint density at radius 3 is 2.57 bits per heavy atom. The highest BCUT2D eigenvalue weighted by atomic mass is 16.3. The highest BCUT2D eigenvalue weighted by molar-refractivity contribution is 6.06. The fourth-order valence-corrected chi connectivity index (χ4v) is 3.02. The Morgan fingerprint density at radius 2 is 2.09 bits per heavy atom. The standard InChI is InChI=1S/C17H25N3O3/c1-20(2)13(14-5-3-10-23-14)11-18-15(21)17(8-4-9-17)16(22)19-12-6-7-12/h3,5,10,12-13H,4,6-9,11H2,1-2H3,(H,18,21)(H,19,22). The molecule has 2 saturated carbocycles. The van der Waals surface area contributed by atoms with E-state index in [1.165, 1.54) is 0 Å². The first kappa shape index (κ1) is 16.1. The van der Waals surface area contributed by atoms with Crippen LogP contribution >= 0.6 is 0 Å². The van der Waals surface area contributed by atoms with Crippen molar-refractivity contribution in [3.05, 3.63) is 24.2 Å². The number of carbonyl (C=O) groups is 2. The van der Waals surface area contributed by atoms with E-state index in [4.69, 9.17) is 4.42 Å². The fraction of sp³-hybridized carbons (Fsp3) is 0.647. The van der Waals surface area contributed by atoms with E-state index in [0.29, 0.717) is 19.4 Å². The summed E-state index contributed by atoms with van der Waals surface area (Å²) >= 11 is 0. The first-order chi connectivity index (χ1) is 11.0. The summed E-state index contributed by atoms with van der Waals surface area (Å²) in [6.07, 6.45) is 5.91. The molecule has 1 aromatic heterocycles. The fourth-order valence-electron chi connectivity index (χ4n) is 3.02. The zero-order valence-electron chi connectivity index (χ0n) is 13.8. The summed E-state index contributed by atoms with van der Waals surface area (Å²) in [4.78, 5) is 27.1. The maximum atomic E-state index is 12.7. The molecule has 0 bridgehead atoms. The molecule has 1 atom stereocenters. The third kappa shape index (κ3) is 3.27. The third-order valence-electron chi connectivity index (χ3n) is 4.94. The topological polar surface area (TPSA) is 74.6 Å². The molecule has 6 heteroatoms. The van der Waals surface area contributed by atoms with E-state index in [0.717, 1.165) is 25.0 Å². The number of nitrogens with one attached hydrogen (secondary N) is 2. The molecule has 2 fully saturated rings. The van der Waals surface area contributed by atoms with E-state index in [1.807, 2.05) is 31.1 Å². The Kier molecular flexibility index (Phi) is 4.43. The van der Waals surface area contributed by atoms with Crippen LogP contribution in [0.15, 0.2) is 22.8 Å². The highest BCUT2D eigenvalue weighted by Crippen LogP contribution is 2.42. The van der Waals surface area contributed by atoms with Crippen LogP contribution in [-0.4, -0.2) is 43.4 Å².